The maximum absolute atomic E-state index is 5.51. The summed E-state index contributed by atoms with van der Waals surface area (Å²) in [6, 6.07) is 6.08. The van der Waals surface area contributed by atoms with Crippen LogP contribution in [-0.4, -0.2) is 60.2 Å². The number of ether oxygens (including phenoxy) is 1. The third-order valence-electron chi connectivity index (χ3n) is 4.64. The van der Waals surface area contributed by atoms with Crippen LogP contribution >= 0.6 is 0 Å². The Morgan fingerprint density at radius 3 is 2.67 bits per heavy atom. The van der Waals surface area contributed by atoms with E-state index in [1.54, 1.807) is 13.3 Å². The fraction of sp³-hybridized carbons (Fsp3) is 0.333. The molecule has 0 saturated carbocycles. The Morgan fingerprint density at radius 1 is 1.08 bits per heavy atom. The molecular weight excluding hydrogens is 302 g/mol. The van der Waals surface area contributed by atoms with Gasteiger partial charge in [0.05, 0.1) is 12.5 Å². The first-order valence-electron chi connectivity index (χ1n) is 8.16. The largest absolute Gasteiger partial charge is 0.496 e. The Kier molecular flexibility index (Phi) is 3.82. The molecule has 0 radical (unpaired) electrons. The van der Waals surface area contributed by atoms with Gasteiger partial charge in [-0.1, -0.05) is 0 Å². The number of likely N-dealkylation sites (N-methyl/N-ethyl adjacent to an activating group) is 1. The van der Waals surface area contributed by atoms with Crippen molar-refractivity contribution >= 4 is 16.9 Å². The number of hydrogen-bond acceptors (Lipinski definition) is 5. The number of aromatic nitrogens is 3. The van der Waals surface area contributed by atoms with Gasteiger partial charge in [-0.05, 0) is 30.8 Å². The number of piperazine rings is 1. The number of methoxy groups -OCH3 is 1. The molecular formula is C18H21N5O. The second-order valence-electron chi connectivity index (χ2n) is 6.13. The predicted molar refractivity (Wildman–Crippen MR) is 95.6 cm³/mol. The molecule has 0 aromatic carbocycles. The fourth-order valence-corrected chi connectivity index (χ4v) is 3.22. The van der Waals surface area contributed by atoms with Crippen LogP contribution in [0.15, 0.2) is 36.8 Å². The lowest BCUT2D eigenvalue weighted by Gasteiger charge is -2.33. The number of nitrogens with zero attached hydrogens (tertiary/aromatic N) is 4. The van der Waals surface area contributed by atoms with Crippen molar-refractivity contribution < 1.29 is 4.74 Å². The van der Waals surface area contributed by atoms with E-state index in [0.717, 1.165) is 59.9 Å². The summed E-state index contributed by atoms with van der Waals surface area (Å²) in [6.45, 7) is 4.14. The van der Waals surface area contributed by atoms with Crippen LogP contribution in [0, 0.1) is 0 Å². The smallest absolute Gasteiger partial charge is 0.141 e. The predicted octanol–water partition coefficient (Wildman–Crippen LogP) is 2.39. The van der Waals surface area contributed by atoms with Crippen LogP contribution in [0.3, 0.4) is 0 Å². The summed E-state index contributed by atoms with van der Waals surface area (Å²) < 4.78 is 5.51. The van der Waals surface area contributed by atoms with Crippen molar-refractivity contribution in [3.8, 4) is 16.9 Å². The third kappa shape index (κ3) is 2.59. The van der Waals surface area contributed by atoms with Gasteiger partial charge in [0.2, 0.25) is 0 Å². The van der Waals surface area contributed by atoms with Gasteiger partial charge in [0.1, 0.15) is 17.2 Å². The number of rotatable bonds is 3. The van der Waals surface area contributed by atoms with Gasteiger partial charge in [-0.2, -0.15) is 0 Å². The van der Waals surface area contributed by atoms with Crippen molar-refractivity contribution in [2.24, 2.45) is 0 Å². The minimum absolute atomic E-state index is 0.828. The van der Waals surface area contributed by atoms with Crippen LogP contribution < -0.4 is 9.64 Å². The normalized spacial score (nSPS) is 15.8. The quantitative estimate of drug-likeness (QED) is 0.802. The zero-order valence-corrected chi connectivity index (χ0v) is 14.0. The first kappa shape index (κ1) is 15.0. The highest BCUT2D eigenvalue weighted by Crippen LogP contribution is 2.35. The lowest BCUT2D eigenvalue weighted by molar-refractivity contribution is 0.312. The Labute approximate surface area is 141 Å². The molecule has 0 amide bonds. The number of nitrogens with one attached hydrogen (secondary N) is 1. The molecule has 1 fully saturated rings. The van der Waals surface area contributed by atoms with Crippen molar-refractivity contribution in [2.75, 3.05) is 45.2 Å². The minimum atomic E-state index is 0.828. The Bertz CT molecular complexity index is 851. The molecule has 4 heterocycles. The van der Waals surface area contributed by atoms with Gasteiger partial charge in [-0.25, -0.2) is 9.97 Å². The van der Waals surface area contributed by atoms with Crippen molar-refractivity contribution in [1.82, 2.24) is 19.9 Å². The summed E-state index contributed by atoms with van der Waals surface area (Å²) in [5.41, 5.74) is 3.05. The molecule has 1 saturated heterocycles. The molecule has 3 aromatic rings. The van der Waals surface area contributed by atoms with E-state index in [1.165, 1.54) is 0 Å². The molecule has 0 unspecified atom stereocenters. The van der Waals surface area contributed by atoms with Crippen LogP contribution in [0.4, 0.5) is 5.82 Å². The number of hydrogen-bond donors (Lipinski definition) is 1. The summed E-state index contributed by atoms with van der Waals surface area (Å²) in [5, 5.41) is 1.01. The fourth-order valence-electron chi connectivity index (χ4n) is 3.22. The molecule has 0 atom stereocenters. The average molecular weight is 323 g/mol. The summed E-state index contributed by atoms with van der Waals surface area (Å²) in [7, 11) is 3.85. The zero-order valence-electron chi connectivity index (χ0n) is 14.0. The lowest BCUT2D eigenvalue weighted by Crippen LogP contribution is -2.44. The molecule has 24 heavy (non-hydrogen) atoms. The highest BCUT2D eigenvalue weighted by atomic mass is 16.5. The maximum Gasteiger partial charge on any atom is 0.141 e. The van der Waals surface area contributed by atoms with E-state index in [-0.39, 0.29) is 0 Å². The summed E-state index contributed by atoms with van der Waals surface area (Å²) in [4.78, 5) is 16.9. The summed E-state index contributed by atoms with van der Waals surface area (Å²) in [5.74, 6) is 1.85. The highest BCUT2D eigenvalue weighted by molar-refractivity contribution is 5.98. The standard InChI is InChI=1S/C18H21N5O/c1-22-7-9-23(10-8-22)16-11-13(3-5-19-16)14-12-21-18-17(14)15(24-2)4-6-20-18/h3-6,11-12H,7-10H2,1-2H3,(H,20,21). The van der Waals surface area contributed by atoms with E-state index >= 15 is 0 Å². The molecule has 0 bridgehead atoms. The number of aromatic amines is 1. The lowest BCUT2D eigenvalue weighted by atomic mass is 10.1. The van der Waals surface area contributed by atoms with Crippen LogP contribution in [0.1, 0.15) is 0 Å². The second kappa shape index (κ2) is 6.13. The van der Waals surface area contributed by atoms with Gasteiger partial charge in [0, 0.05) is 50.3 Å². The average Bonchev–Trinajstić information content (AvgIpc) is 3.07. The minimum Gasteiger partial charge on any atom is -0.496 e. The second-order valence-corrected chi connectivity index (χ2v) is 6.13. The monoisotopic (exact) mass is 323 g/mol. The Hall–Kier alpha value is -2.60. The number of fused-ring (bicyclic) bond motifs is 1. The van der Waals surface area contributed by atoms with Crippen LogP contribution in [0.5, 0.6) is 5.75 Å². The molecule has 0 spiro atoms. The van der Waals surface area contributed by atoms with E-state index in [4.69, 9.17) is 4.74 Å². The number of anilines is 1. The molecule has 1 aliphatic heterocycles. The molecule has 1 aliphatic rings. The SMILES string of the molecule is COc1ccnc2[nH]cc(-c3ccnc(N4CCN(C)CC4)c3)c12. The van der Waals surface area contributed by atoms with E-state index in [9.17, 15) is 0 Å². The summed E-state index contributed by atoms with van der Waals surface area (Å²) in [6.07, 6.45) is 5.62. The molecule has 124 valence electrons. The third-order valence-corrected chi connectivity index (χ3v) is 4.64. The van der Waals surface area contributed by atoms with Crippen molar-refractivity contribution in [2.45, 2.75) is 0 Å². The van der Waals surface area contributed by atoms with E-state index in [2.05, 4.69) is 37.9 Å². The molecule has 6 nitrogen and oxygen atoms in total. The summed E-state index contributed by atoms with van der Waals surface area (Å²) >= 11 is 0. The molecule has 0 aliphatic carbocycles. The van der Waals surface area contributed by atoms with Crippen LogP contribution in [0.2, 0.25) is 0 Å². The van der Waals surface area contributed by atoms with Crippen molar-refractivity contribution in [3.63, 3.8) is 0 Å². The van der Waals surface area contributed by atoms with Crippen molar-refractivity contribution in [1.29, 1.82) is 0 Å². The van der Waals surface area contributed by atoms with Gasteiger partial charge < -0.3 is 19.5 Å². The number of pyridine rings is 2. The van der Waals surface area contributed by atoms with Gasteiger partial charge in [-0.15, -0.1) is 0 Å². The van der Waals surface area contributed by atoms with Crippen LogP contribution in [0.25, 0.3) is 22.2 Å². The van der Waals surface area contributed by atoms with E-state index < -0.39 is 0 Å². The van der Waals surface area contributed by atoms with Gasteiger partial charge in [0.25, 0.3) is 0 Å². The Balaban J connectivity index is 1.74. The van der Waals surface area contributed by atoms with Crippen molar-refractivity contribution in [3.05, 3.63) is 36.8 Å². The van der Waals surface area contributed by atoms with Gasteiger partial charge in [0.15, 0.2) is 0 Å². The van der Waals surface area contributed by atoms with Gasteiger partial charge >= 0.3 is 0 Å². The number of H-pyrrole nitrogens is 1. The highest BCUT2D eigenvalue weighted by Gasteiger charge is 2.17. The van der Waals surface area contributed by atoms with E-state index in [1.807, 2.05) is 24.5 Å². The Morgan fingerprint density at radius 2 is 1.88 bits per heavy atom. The molecule has 1 N–H and O–H groups in total. The molecule has 3 aromatic heterocycles. The maximum atomic E-state index is 5.51. The topological polar surface area (TPSA) is 57.3 Å². The zero-order chi connectivity index (χ0) is 16.5. The first-order valence-corrected chi connectivity index (χ1v) is 8.16. The van der Waals surface area contributed by atoms with E-state index in [0.29, 0.717) is 0 Å². The molecule has 4 rings (SSSR count). The first-order chi connectivity index (χ1) is 11.8. The van der Waals surface area contributed by atoms with Crippen LogP contribution in [-0.2, 0) is 0 Å². The molecule has 6 heteroatoms. The van der Waals surface area contributed by atoms with Gasteiger partial charge in [-0.3, -0.25) is 0 Å².